The number of nitrogens with one attached hydrogen (secondary N) is 1. The first-order valence-electron chi connectivity index (χ1n) is 6.20. The Morgan fingerprint density at radius 2 is 1.80 bits per heavy atom. The summed E-state index contributed by atoms with van der Waals surface area (Å²) < 4.78 is 38.3. The molecule has 1 aliphatic rings. The Hall–Kier alpha value is -0.490. The minimum atomic E-state index is -4.36. The third kappa shape index (κ3) is 4.25. The summed E-state index contributed by atoms with van der Waals surface area (Å²) in [6.45, 7) is 5.29. The molecule has 1 fully saturated rings. The molecule has 114 valence electrons. The van der Waals surface area contributed by atoms with E-state index >= 15 is 0 Å². The number of alkyl halides is 3. The van der Waals surface area contributed by atoms with Crippen LogP contribution in [0.1, 0.15) is 24.1 Å². The van der Waals surface area contributed by atoms with Crippen molar-refractivity contribution in [3.05, 3.63) is 34.3 Å². The molecule has 20 heavy (non-hydrogen) atoms. The fraction of sp³-hybridized carbons (Fsp3) is 0.538. The van der Waals surface area contributed by atoms with Crippen molar-refractivity contribution < 1.29 is 13.2 Å². The van der Waals surface area contributed by atoms with Crippen LogP contribution in [0.2, 0.25) is 5.02 Å². The SMILES string of the molecule is C[C@@H](c1cc(Cl)cc(C(F)(F)F)c1)N1CCNCC1.Cl. The lowest BCUT2D eigenvalue weighted by Gasteiger charge is -2.33. The van der Waals surface area contributed by atoms with E-state index in [0.29, 0.717) is 5.56 Å². The van der Waals surface area contributed by atoms with Crippen LogP contribution in [-0.2, 0) is 6.18 Å². The molecule has 1 aliphatic heterocycles. The monoisotopic (exact) mass is 328 g/mol. The van der Waals surface area contributed by atoms with Crippen molar-refractivity contribution in [3.8, 4) is 0 Å². The van der Waals surface area contributed by atoms with Gasteiger partial charge in [0.05, 0.1) is 5.56 Å². The molecule has 0 aromatic heterocycles. The van der Waals surface area contributed by atoms with Crippen molar-refractivity contribution in [3.63, 3.8) is 0 Å². The van der Waals surface area contributed by atoms with Crippen molar-refractivity contribution in [1.82, 2.24) is 10.2 Å². The van der Waals surface area contributed by atoms with Crippen molar-refractivity contribution in [1.29, 1.82) is 0 Å². The van der Waals surface area contributed by atoms with Gasteiger partial charge in [-0.05, 0) is 30.7 Å². The third-order valence-corrected chi connectivity index (χ3v) is 3.65. The zero-order chi connectivity index (χ0) is 14.0. The highest BCUT2D eigenvalue weighted by Gasteiger charge is 2.32. The number of hydrogen-bond donors (Lipinski definition) is 1. The predicted octanol–water partition coefficient (Wildman–Crippen LogP) is 3.75. The van der Waals surface area contributed by atoms with E-state index in [1.807, 2.05) is 6.92 Å². The quantitative estimate of drug-likeness (QED) is 0.889. The Balaban J connectivity index is 0.00000200. The van der Waals surface area contributed by atoms with Gasteiger partial charge in [0.15, 0.2) is 0 Å². The number of rotatable bonds is 2. The van der Waals surface area contributed by atoms with Crippen LogP contribution < -0.4 is 5.32 Å². The molecular formula is C13H17Cl2F3N2. The van der Waals surface area contributed by atoms with Crippen LogP contribution in [-0.4, -0.2) is 31.1 Å². The van der Waals surface area contributed by atoms with E-state index in [2.05, 4.69) is 10.2 Å². The molecule has 1 aromatic carbocycles. The number of nitrogens with zero attached hydrogens (tertiary/aromatic N) is 1. The molecule has 0 bridgehead atoms. The van der Waals surface area contributed by atoms with Crippen LogP contribution in [0.4, 0.5) is 13.2 Å². The van der Waals surface area contributed by atoms with Gasteiger partial charge in [-0.25, -0.2) is 0 Å². The Labute approximate surface area is 127 Å². The molecule has 2 rings (SSSR count). The second-order valence-electron chi connectivity index (χ2n) is 4.73. The van der Waals surface area contributed by atoms with Crippen LogP contribution in [0.25, 0.3) is 0 Å². The molecule has 7 heteroatoms. The first-order valence-corrected chi connectivity index (χ1v) is 6.58. The molecular weight excluding hydrogens is 312 g/mol. The molecule has 0 radical (unpaired) electrons. The van der Waals surface area contributed by atoms with E-state index in [0.717, 1.165) is 32.2 Å². The third-order valence-electron chi connectivity index (χ3n) is 3.43. The lowest BCUT2D eigenvalue weighted by Crippen LogP contribution is -2.44. The van der Waals surface area contributed by atoms with Crippen LogP contribution in [0.5, 0.6) is 0 Å². The van der Waals surface area contributed by atoms with E-state index in [4.69, 9.17) is 11.6 Å². The highest BCUT2D eigenvalue weighted by atomic mass is 35.5. The number of piperazine rings is 1. The maximum absolute atomic E-state index is 12.8. The van der Waals surface area contributed by atoms with Crippen molar-refractivity contribution in [2.75, 3.05) is 26.2 Å². The van der Waals surface area contributed by atoms with Gasteiger partial charge in [-0.2, -0.15) is 13.2 Å². The lowest BCUT2D eigenvalue weighted by molar-refractivity contribution is -0.137. The summed E-state index contributed by atoms with van der Waals surface area (Å²) >= 11 is 5.81. The average Bonchev–Trinajstić information content (AvgIpc) is 2.37. The minimum absolute atomic E-state index is 0. The molecule has 1 atom stereocenters. The fourth-order valence-electron chi connectivity index (χ4n) is 2.30. The summed E-state index contributed by atoms with van der Waals surface area (Å²) in [5, 5.41) is 3.35. The topological polar surface area (TPSA) is 15.3 Å². The second kappa shape index (κ2) is 6.98. The highest BCUT2D eigenvalue weighted by molar-refractivity contribution is 6.30. The number of benzene rings is 1. The molecule has 1 heterocycles. The first-order chi connectivity index (χ1) is 8.88. The summed E-state index contributed by atoms with van der Waals surface area (Å²) in [6.07, 6.45) is -4.36. The molecule has 2 nitrogen and oxygen atoms in total. The largest absolute Gasteiger partial charge is 0.416 e. The summed E-state index contributed by atoms with van der Waals surface area (Å²) in [4.78, 5) is 2.16. The van der Waals surface area contributed by atoms with Gasteiger partial charge in [0.25, 0.3) is 0 Å². The molecule has 1 N–H and O–H groups in total. The van der Waals surface area contributed by atoms with Gasteiger partial charge in [0.2, 0.25) is 0 Å². The smallest absolute Gasteiger partial charge is 0.314 e. The van der Waals surface area contributed by atoms with E-state index < -0.39 is 11.7 Å². The number of halogens is 5. The summed E-state index contributed by atoms with van der Waals surface area (Å²) in [5.41, 5.74) is -0.0706. The van der Waals surface area contributed by atoms with Gasteiger partial charge < -0.3 is 5.32 Å². The Morgan fingerprint density at radius 3 is 2.35 bits per heavy atom. The normalized spacial score (nSPS) is 18.4. The maximum atomic E-state index is 12.8. The van der Waals surface area contributed by atoms with Gasteiger partial charge in [-0.15, -0.1) is 12.4 Å². The summed E-state index contributed by atoms with van der Waals surface area (Å²) in [5.74, 6) is 0. The summed E-state index contributed by atoms with van der Waals surface area (Å²) in [6, 6.07) is 3.71. The van der Waals surface area contributed by atoms with Crippen LogP contribution in [0.3, 0.4) is 0 Å². The van der Waals surface area contributed by atoms with E-state index in [-0.39, 0.29) is 23.5 Å². The molecule has 0 spiro atoms. The van der Waals surface area contributed by atoms with E-state index in [9.17, 15) is 13.2 Å². The second-order valence-corrected chi connectivity index (χ2v) is 5.17. The molecule has 0 aliphatic carbocycles. The van der Waals surface area contributed by atoms with Gasteiger partial charge in [-0.1, -0.05) is 11.6 Å². The zero-order valence-electron chi connectivity index (χ0n) is 11.0. The van der Waals surface area contributed by atoms with Crippen LogP contribution in [0.15, 0.2) is 18.2 Å². The van der Waals surface area contributed by atoms with Crippen LogP contribution in [0, 0.1) is 0 Å². The van der Waals surface area contributed by atoms with Gasteiger partial charge >= 0.3 is 6.18 Å². The highest BCUT2D eigenvalue weighted by Crippen LogP contribution is 2.34. The van der Waals surface area contributed by atoms with Gasteiger partial charge in [-0.3, -0.25) is 4.90 Å². The Morgan fingerprint density at radius 1 is 1.20 bits per heavy atom. The van der Waals surface area contributed by atoms with Crippen molar-refractivity contribution in [2.45, 2.75) is 19.1 Å². The van der Waals surface area contributed by atoms with Gasteiger partial charge in [0.1, 0.15) is 0 Å². The number of hydrogen-bond acceptors (Lipinski definition) is 2. The molecule has 0 unspecified atom stereocenters. The van der Waals surface area contributed by atoms with E-state index in [1.54, 1.807) is 6.07 Å². The summed E-state index contributed by atoms with van der Waals surface area (Å²) in [7, 11) is 0. The predicted molar refractivity (Wildman–Crippen MR) is 76.6 cm³/mol. The van der Waals surface area contributed by atoms with Crippen LogP contribution >= 0.6 is 24.0 Å². The lowest BCUT2D eigenvalue weighted by atomic mass is 10.0. The Kier molecular flexibility index (Phi) is 6.13. The van der Waals surface area contributed by atoms with Gasteiger partial charge in [0, 0.05) is 37.2 Å². The molecule has 0 saturated carbocycles. The molecule has 0 amide bonds. The molecule has 1 saturated heterocycles. The minimum Gasteiger partial charge on any atom is -0.314 e. The zero-order valence-corrected chi connectivity index (χ0v) is 12.6. The fourth-order valence-corrected chi connectivity index (χ4v) is 2.54. The molecule has 1 aromatic rings. The standard InChI is InChI=1S/C13H16ClF3N2.ClH/c1-9(19-4-2-18-3-5-19)10-6-11(13(15,16)17)8-12(14)7-10;/h6-9,18H,2-5H2,1H3;1H/t9-;/m0./s1. The maximum Gasteiger partial charge on any atom is 0.416 e. The average molecular weight is 329 g/mol. The first kappa shape index (κ1) is 17.6. The van der Waals surface area contributed by atoms with Crippen molar-refractivity contribution in [2.24, 2.45) is 0 Å². The van der Waals surface area contributed by atoms with Crippen molar-refractivity contribution >= 4 is 24.0 Å². The Bertz CT molecular complexity index is 446. The van der Waals surface area contributed by atoms with E-state index in [1.165, 1.54) is 6.07 Å².